The van der Waals surface area contributed by atoms with E-state index in [0.717, 1.165) is 30.5 Å². The van der Waals surface area contributed by atoms with Gasteiger partial charge in [-0.25, -0.2) is 4.79 Å². The lowest BCUT2D eigenvalue weighted by Gasteiger charge is -2.09. The van der Waals surface area contributed by atoms with Crippen LogP contribution >= 0.6 is 0 Å². The Bertz CT molecular complexity index is 646. The second-order valence-electron chi connectivity index (χ2n) is 4.86. The van der Waals surface area contributed by atoms with Gasteiger partial charge in [-0.1, -0.05) is 25.5 Å². The van der Waals surface area contributed by atoms with Gasteiger partial charge in [0.15, 0.2) is 0 Å². The van der Waals surface area contributed by atoms with E-state index >= 15 is 0 Å². The molecule has 0 aliphatic heterocycles. The molecule has 0 aliphatic rings. The maximum absolute atomic E-state index is 12.1. The average molecular weight is 324 g/mol. The van der Waals surface area contributed by atoms with Crippen molar-refractivity contribution in [3.05, 3.63) is 59.7 Å². The van der Waals surface area contributed by atoms with Gasteiger partial charge in [0.05, 0.1) is 5.56 Å². The predicted octanol–water partition coefficient (Wildman–Crippen LogP) is 4.76. The molecule has 2 aromatic carbocycles. The van der Waals surface area contributed by atoms with Gasteiger partial charge in [0, 0.05) is 0 Å². The topological polar surface area (TPSA) is 35.5 Å². The zero-order valence-corrected chi connectivity index (χ0v) is 12.4. The van der Waals surface area contributed by atoms with Crippen molar-refractivity contribution in [3.8, 4) is 11.5 Å². The van der Waals surface area contributed by atoms with E-state index in [1.807, 2.05) is 12.1 Å². The quantitative estimate of drug-likeness (QED) is 0.588. The Morgan fingerprint density at radius 3 is 2.04 bits per heavy atom. The number of esters is 1. The van der Waals surface area contributed by atoms with Crippen molar-refractivity contribution in [2.24, 2.45) is 0 Å². The zero-order valence-electron chi connectivity index (χ0n) is 12.4. The number of hydrogen-bond acceptors (Lipinski definition) is 3. The van der Waals surface area contributed by atoms with E-state index in [9.17, 15) is 18.0 Å². The molecule has 0 saturated heterocycles. The fraction of sp³-hybridized carbons (Fsp3) is 0.235. The third-order valence-electron chi connectivity index (χ3n) is 3.00. The van der Waals surface area contributed by atoms with E-state index in [-0.39, 0.29) is 5.56 Å². The van der Waals surface area contributed by atoms with Gasteiger partial charge in [-0.15, -0.1) is 13.2 Å². The second-order valence-corrected chi connectivity index (χ2v) is 4.86. The molecule has 0 heterocycles. The van der Waals surface area contributed by atoms with Crippen LogP contribution in [0.1, 0.15) is 29.3 Å². The second kappa shape index (κ2) is 7.17. The van der Waals surface area contributed by atoms with Gasteiger partial charge in [-0.3, -0.25) is 0 Å². The summed E-state index contributed by atoms with van der Waals surface area (Å²) in [5.74, 6) is -0.657. The minimum atomic E-state index is -4.76. The highest BCUT2D eigenvalue weighted by Gasteiger charge is 2.31. The van der Waals surface area contributed by atoms with Crippen LogP contribution in [0.15, 0.2) is 48.5 Å². The van der Waals surface area contributed by atoms with Crippen LogP contribution < -0.4 is 9.47 Å². The number of halogens is 3. The van der Waals surface area contributed by atoms with Crippen molar-refractivity contribution in [2.75, 3.05) is 0 Å². The Morgan fingerprint density at radius 2 is 1.52 bits per heavy atom. The van der Waals surface area contributed by atoms with Crippen molar-refractivity contribution in [1.82, 2.24) is 0 Å². The van der Waals surface area contributed by atoms with Crippen molar-refractivity contribution in [2.45, 2.75) is 26.1 Å². The summed E-state index contributed by atoms with van der Waals surface area (Å²) in [6, 6.07) is 11.7. The molecule has 0 saturated carbocycles. The minimum absolute atomic E-state index is 0.136. The van der Waals surface area contributed by atoms with Crippen molar-refractivity contribution < 1.29 is 27.4 Å². The number of carbonyl (C=O) groups excluding carboxylic acids is 1. The number of benzene rings is 2. The molecular formula is C17H15F3O3. The minimum Gasteiger partial charge on any atom is -0.423 e. The highest BCUT2D eigenvalue weighted by atomic mass is 19.4. The summed E-state index contributed by atoms with van der Waals surface area (Å²) in [6.45, 7) is 2.07. The van der Waals surface area contributed by atoms with Gasteiger partial charge >= 0.3 is 12.3 Å². The number of rotatable bonds is 5. The molecule has 122 valence electrons. The lowest BCUT2D eigenvalue weighted by molar-refractivity contribution is -0.274. The molecule has 0 aliphatic carbocycles. The molecule has 2 aromatic rings. The van der Waals surface area contributed by atoms with Crippen LogP contribution in [-0.4, -0.2) is 12.3 Å². The maximum atomic E-state index is 12.1. The van der Waals surface area contributed by atoms with Crippen LogP contribution in [0.2, 0.25) is 0 Å². The normalized spacial score (nSPS) is 11.1. The molecule has 0 amide bonds. The third kappa shape index (κ3) is 5.32. The maximum Gasteiger partial charge on any atom is 0.573 e. The van der Waals surface area contributed by atoms with Crippen LogP contribution in [0.5, 0.6) is 11.5 Å². The number of ether oxygens (including phenoxy) is 2. The predicted molar refractivity (Wildman–Crippen MR) is 78.5 cm³/mol. The standard InChI is InChI=1S/C17H15F3O3/c1-2-3-12-4-8-14(9-5-12)22-16(21)13-6-10-15(11-7-13)23-17(18,19)20/h4-11H,2-3H2,1H3. The molecule has 6 heteroatoms. The highest BCUT2D eigenvalue weighted by molar-refractivity contribution is 5.91. The van der Waals surface area contributed by atoms with Crippen LogP contribution in [0, 0.1) is 0 Å². The van der Waals surface area contributed by atoms with Crippen molar-refractivity contribution >= 4 is 5.97 Å². The number of aryl methyl sites for hydroxylation is 1. The Labute approximate surface area is 131 Å². The highest BCUT2D eigenvalue weighted by Crippen LogP contribution is 2.23. The fourth-order valence-electron chi connectivity index (χ4n) is 1.97. The average Bonchev–Trinajstić information content (AvgIpc) is 2.48. The Kier molecular flexibility index (Phi) is 5.26. The molecule has 0 aromatic heterocycles. The number of carbonyl (C=O) groups is 1. The Morgan fingerprint density at radius 1 is 0.957 bits per heavy atom. The molecule has 3 nitrogen and oxygen atoms in total. The summed E-state index contributed by atoms with van der Waals surface area (Å²) in [5.41, 5.74) is 1.28. The van der Waals surface area contributed by atoms with Crippen molar-refractivity contribution in [1.29, 1.82) is 0 Å². The SMILES string of the molecule is CCCc1ccc(OC(=O)c2ccc(OC(F)(F)F)cc2)cc1. The lowest BCUT2D eigenvalue weighted by atomic mass is 10.1. The van der Waals surface area contributed by atoms with E-state index in [1.165, 1.54) is 12.1 Å². The van der Waals surface area contributed by atoms with E-state index in [2.05, 4.69) is 11.7 Å². The molecule has 0 radical (unpaired) electrons. The zero-order chi connectivity index (χ0) is 16.9. The van der Waals surface area contributed by atoms with Crippen LogP contribution in [0.3, 0.4) is 0 Å². The Hall–Kier alpha value is -2.50. The first kappa shape index (κ1) is 16.9. The van der Waals surface area contributed by atoms with Gasteiger partial charge in [0.2, 0.25) is 0 Å². The summed E-state index contributed by atoms with van der Waals surface area (Å²) < 4.78 is 45.1. The molecule has 0 fully saturated rings. The number of alkyl halides is 3. The first-order chi connectivity index (χ1) is 10.9. The molecule has 23 heavy (non-hydrogen) atoms. The van der Waals surface area contributed by atoms with E-state index in [4.69, 9.17) is 4.74 Å². The van der Waals surface area contributed by atoms with E-state index in [1.54, 1.807) is 12.1 Å². The number of hydrogen-bond donors (Lipinski definition) is 0. The van der Waals surface area contributed by atoms with Gasteiger partial charge in [-0.05, 0) is 48.4 Å². The van der Waals surface area contributed by atoms with Gasteiger partial charge in [0.25, 0.3) is 0 Å². The van der Waals surface area contributed by atoms with E-state index in [0.29, 0.717) is 5.75 Å². The lowest BCUT2D eigenvalue weighted by Crippen LogP contribution is -2.17. The molecule has 0 N–H and O–H groups in total. The van der Waals surface area contributed by atoms with Crippen LogP contribution in [0.4, 0.5) is 13.2 Å². The molecule has 2 rings (SSSR count). The molecule has 0 atom stereocenters. The van der Waals surface area contributed by atoms with Crippen LogP contribution in [0.25, 0.3) is 0 Å². The van der Waals surface area contributed by atoms with Crippen LogP contribution in [-0.2, 0) is 6.42 Å². The summed E-state index contributed by atoms with van der Waals surface area (Å²) in [5, 5.41) is 0. The fourth-order valence-corrected chi connectivity index (χ4v) is 1.97. The summed E-state index contributed by atoms with van der Waals surface area (Å²) >= 11 is 0. The summed E-state index contributed by atoms with van der Waals surface area (Å²) in [4.78, 5) is 11.9. The molecule has 0 bridgehead atoms. The molecular weight excluding hydrogens is 309 g/mol. The smallest absolute Gasteiger partial charge is 0.423 e. The summed E-state index contributed by atoms with van der Waals surface area (Å²) in [7, 11) is 0. The first-order valence-electron chi connectivity index (χ1n) is 7.04. The largest absolute Gasteiger partial charge is 0.573 e. The van der Waals surface area contributed by atoms with Gasteiger partial charge in [-0.2, -0.15) is 0 Å². The van der Waals surface area contributed by atoms with Crippen molar-refractivity contribution in [3.63, 3.8) is 0 Å². The Balaban J connectivity index is 2.00. The third-order valence-corrected chi connectivity index (χ3v) is 3.00. The molecule has 0 spiro atoms. The first-order valence-corrected chi connectivity index (χ1v) is 7.04. The monoisotopic (exact) mass is 324 g/mol. The van der Waals surface area contributed by atoms with Gasteiger partial charge in [0.1, 0.15) is 11.5 Å². The summed E-state index contributed by atoms with van der Waals surface area (Å²) in [6.07, 6.45) is -2.80. The molecule has 0 unspecified atom stereocenters. The van der Waals surface area contributed by atoms with Gasteiger partial charge < -0.3 is 9.47 Å². The van der Waals surface area contributed by atoms with E-state index < -0.39 is 18.1 Å².